The van der Waals surface area contributed by atoms with Gasteiger partial charge in [0.1, 0.15) is 16.8 Å². The summed E-state index contributed by atoms with van der Waals surface area (Å²) in [6.45, 7) is 2.00. The van der Waals surface area contributed by atoms with Crippen LogP contribution in [0.15, 0.2) is 53.3 Å². The highest BCUT2D eigenvalue weighted by molar-refractivity contribution is 6.29. The fourth-order valence-electron chi connectivity index (χ4n) is 3.19. The van der Waals surface area contributed by atoms with E-state index in [9.17, 15) is 13.6 Å². The van der Waals surface area contributed by atoms with Crippen LogP contribution in [-0.4, -0.2) is 37.4 Å². The molecule has 11 heteroatoms. The fourth-order valence-corrected chi connectivity index (χ4v) is 3.35. The predicted molar refractivity (Wildman–Crippen MR) is 111 cm³/mol. The van der Waals surface area contributed by atoms with Crippen molar-refractivity contribution >= 4 is 17.5 Å². The number of amides is 1. The van der Waals surface area contributed by atoms with Gasteiger partial charge in [-0.05, 0) is 31.2 Å². The van der Waals surface area contributed by atoms with E-state index in [2.05, 4.69) is 25.5 Å². The van der Waals surface area contributed by atoms with Crippen molar-refractivity contribution in [2.24, 2.45) is 7.05 Å². The number of nitrogens with zero attached hydrogens (tertiary/aromatic N) is 5. The monoisotopic (exact) mass is 458 g/mol. The van der Waals surface area contributed by atoms with Crippen molar-refractivity contribution in [3.63, 3.8) is 0 Å². The molecule has 0 aliphatic carbocycles. The van der Waals surface area contributed by atoms with Crippen LogP contribution in [0.3, 0.4) is 0 Å². The minimum atomic E-state index is -0.878. The van der Waals surface area contributed by atoms with Crippen LogP contribution >= 0.6 is 11.6 Å². The van der Waals surface area contributed by atoms with E-state index in [0.29, 0.717) is 16.9 Å². The van der Waals surface area contributed by atoms with Crippen molar-refractivity contribution < 1.29 is 18.1 Å². The highest BCUT2D eigenvalue weighted by Gasteiger charge is 2.33. The molecular formula is C21H17ClF2N6O2. The van der Waals surface area contributed by atoms with Gasteiger partial charge in [-0.2, -0.15) is 10.1 Å². The number of benzene rings is 1. The third-order valence-electron chi connectivity index (χ3n) is 5.02. The van der Waals surface area contributed by atoms with Crippen LogP contribution in [0.25, 0.3) is 11.5 Å². The summed E-state index contributed by atoms with van der Waals surface area (Å²) >= 11 is 6.08. The second kappa shape index (κ2) is 8.46. The Morgan fingerprint density at radius 1 is 1.25 bits per heavy atom. The second-order valence-electron chi connectivity index (χ2n) is 7.31. The Morgan fingerprint density at radius 2 is 2.06 bits per heavy atom. The Morgan fingerprint density at radius 3 is 2.75 bits per heavy atom. The molecule has 1 amide bonds. The number of hydrogen-bond acceptors (Lipinski definition) is 6. The summed E-state index contributed by atoms with van der Waals surface area (Å²) in [6.07, 6.45) is 3.50. The standard InChI is InChI=1S/C21H17ClF2N6O2/c1-21(12-9-26-30(2)10-12,16-4-3-5-17(22)27-16)11-25-19(31)18-28-20(32-29-18)14-7-6-13(23)8-15(14)24/h3-10H,11H2,1-2H3,(H,25,31). The Bertz CT molecular complexity index is 1290. The van der Waals surface area contributed by atoms with Gasteiger partial charge in [-0.25, -0.2) is 13.8 Å². The average molecular weight is 459 g/mol. The molecule has 3 aromatic heterocycles. The molecular weight excluding hydrogens is 442 g/mol. The summed E-state index contributed by atoms with van der Waals surface area (Å²) in [5.74, 6) is -2.79. The third-order valence-corrected chi connectivity index (χ3v) is 5.23. The van der Waals surface area contributed by atoms with E-state index in [1.807, 2.05) is 13.1 Å². The molecule has 4 rings (SSSR count). The number of aromatic nitrogens is 5. The Labute approximate surface area is 186 Å². The number of rotatable bonds is 6. The topological polar surface area (TPSA) is 98.7 Å². The molecule has 32 heavy (non-hydrogen) atoms. The van der Waals surface area contributed by atoms with Crippen molar-refractivity contribution in [1.82, 2.24) is 30.2 Å². The zero-order valence-electron chi connectivity index (χ0n) is 17.0. The van der Waals surface area contributed by atoms with Gasteiger partial charge < -0.3 is 9.84 Å². The first-order valence-electron chi connectivity index (χ1n) is 9.46. The van der Waals surface area contributed by atoms with Gasteiger partial charge in [-0.15, -0.1) is 0 Å². The summed E-state index contributed by atoms with van der Waals surface area (Å²) in [5, 5.41) is 10.9. The lowest BCUT2D eigenvalue weighted by Crippen LogP contribution is -2.40. The lowest BCUT2D eigenvalue weighted by atomic mass is 9.80. The first-order chi connectivity index (χ1) is 15.3. The van der Waals surface area contributed by atoms with Gasteiger partial charge in [0.15, 0.2) is 0 Å². The van der Waals surface area contributed by atoms with Crippen LogP contribution in [0.2, 0.25) is 5.15 Å². The summed E-state index contributed by atoms with van der Waals surface area (Å²) in [4.78, 5) is 21.0. The fraction of sp³-hybridized carbons (Fsp3) is 0.190. The second-order valence-corrected chi connectivity index (χ2v) is 7.70. The summed E-state index contributed by atoms with van der Waals surface area (Å²) < 4.78 is 33.7. The van der Waals surface area contributed by atoms with Crippen molar-refractivity contribution in [3.8, 4) is 11.5 Å². The smallest absolute Gasteiger partial charge is 0.292 e. The number of carbonyl (C=O) groups excluding carboxylic acids is 1. The molecule has 0 saturated heterocycles. The minimum Gasteiger partial charge on any atom is -0.348 e. The number of aryl methyl sites for hydroxylation is 1. The highest BCUT2D eigenvalue weighted by atomic mass is 35.5. The average Bonchev–Trinajstić information content (AvgIpc) is 3.41. The number of nitrogens with one attached hydrogen (secondary N) is 1. The van der Waals surface area contributed by atoms with E-state index in [4.69, 9.17) is 16.1 Å². The Kier molecular flexibility index (Phi) is 5.70. The highest BCUT2D eigenvalue weighted by Crippen LogP contribution is 2.31. The maximum absolute atomic E-state index is 14.0. The molecule has 0 fully saturated rings. The number of halogens is 3. The van der Waals surface area contributed by atoms with Crippen LogP contribution in [0.4, 0.5) is 8.78 Å². The lowest BCUT2D eigenvalue weighted by Gasteiger charge is -2.28. The Hall–Kier alpha value is -3.66. The third kappa shape index (κ3) is 4.22. The molecule has 164 valence electrons. The molecule has 1 aromatic carbocycles. The molecule has 0 aliphatic heterocycles. The van der Waals surface area contributed by atoms with Crippen molar-refractivity contribution in [1.29, 1.82) is 0 Å². The quantitative estimate of drug-likeness (QED) is 0.444. The van der Waals surface area contributed by atoms with E-state index in [-0.39, 0.29) is 23.8 Å². The van der Waals surface area contributed by atoms with Gasteiger partial charge in [0.05, 0.1) is 22.9 Å². The molecule has 1 atom stereocenters. The van der Waals surface area contributed by atoms with Crippen LogP contribution in [0.5, 0.6) is 0 Å². The Balaban J connectivity index is 1.58. The van der Waals surface area contributed by atoms with E-state index in [1.165, 1.54) is 0 Å². The van der Waals surface area contributed by atoms with E-state index >= 15 is 0 Å². The summed E-state index contributed by atoms with van der Waals surface area (Å²) in [7, 11) is 1.78. The zero-order valence-corrected chi connectivity index (χ0v) is 17.8. The van der Waals surface area contributed by atoms with Crippen LogP contribution in [-0.2, 0) is 12.5 Å². The number of carbonyl (C=O) groups is 1. The maximum atomic E-state index is 14.0. The van der Waals surface area contributed by atoms with Gasteiger partial charge in [-0.1, -0.05) is 22.8 Å². The molecule has 0 aliphatic rings. The first-order valence-corrected chi connectivity index (χ1v) is 9.83. The predicted octanol–water partition coefficient (Wildman–Crippen LogP) is 3.53. The van der Waals surface area contributed by atoms with Gasteiger partial charge in [0.25, 0.3) is 17.6 Å². The van der Waals surface area contributed by atoms with E-state index in [0.717, 1.165) is 17.7 Å². The normalized spacial score (nSPS) is 13.0. The molecule has 1 unspecified atom stereocenters. The van der Waals surface area contributed by atoms with Gasteiger partial charge in [0, 0.05) is 31.4 Å². The molecule has 3 heterocycles. The summed E-state index contributed by atoms with van der Waals surface area (Å²) in [6, 6.07) is 8.13. The van der Waals surface area contributed by atoms with Crippen LogP contribution in [0, 0.1) is 11.6 Å². The van der Waals surface area contributed by atoms with Gasteiger partial charge in [0.2, 0.25) is 0 Å². The zero-order chi connectivity index (χ0) is 22.9. The van der Waals surface area contributed by atoms with Crippen LogP contribution in [0.1, 0.15) is 28.8 Å². The number of hydrogen-bond donors (Lipinski definition) is 1. The minimum absolute atomic E-state index is 0.110. The molecule has 0 radical (unpaired) electrons. The van der Waals surface area contributed by atoms with Crippen molar-refractivity contribution in [2.45, 2.75) is 12.3 Å². The number of pyridine rings is 1. The summed E-state index contributed by atoms with van der Waals surface area (Å²) in [5.41, 5.74) is 0.545. The molecule has 0 saturated carbocycles. The van der Waals surface area contributed by atoms with Gasteiger partial charge >= 0.3 is 0 Å². The van der Waals surface area contributed by atoms with Crippen LogP contribution < -0.4 is 5.32 Å². The molecule has 4 aromatic rings. The van der Waals surface area contributed by atoms with E-state index < -0.39 is 23.0 Å². The maximum Gasteiger partial charge on any atom is 0.292 e. The molecule has 1 N–H and O–H groups in total. The SMILES string of the molecule is Cn1cc(C(C)(CNC(=O)c2noc(-c3ccc(F)cc3F)n2)c2cccc(Cl)n2)cn1. The first kappa shape index (κ1) is 21.6. The van der Waals surface area contributed by atoms with Crippen molar-refractivity contribution in [3.05, 3.63) is 82.7 Å². The molecule has 8 nitrogen and oxygen atoms in total. The lowest BCUT2D eigenvalue weighted by molar-refractivity contribution is 0.0933. The molecule has 0 bridgehead atoms. The molecule has 0 spiro atoms. The largest absolute Gasteiger partial charge is 0.348 e. The van der Waals surface area contributed by atoms with Gasteiger partial charge in [-0.3, -0.25) is 9.48 Å². The van der Waals surface area contributed by atoms with Crippen molar-refractivity contribution in [2.75, 3.05) is 6.54 Å². The van der Waals surface area contributed by atoms with E-state index in [1.54, 1.807) is 36.1 Å².